The zero-order chi connectivity index (χ0) is 17.9. The number of nitrogens with zero attached hydrogens (tertiary/aromatic N) is 4. The number of amides is 1. The Hall–Kier alpha value is -3.01. The van der Waals surface area contributed by atoms with E-state index in [0.717, 1.165) is 6.07 Å². The van der Waals surface area contributed by atoms with Crippen molar-refractivity contribution in [1.82, 2.24) is 15.1 Å². The smallest absolute Gasteiger partial charge is 0.358 e. The first-order chi connectivity index (χ1) is 11.3. The number of carbonyl (C=O) groups excluding carboxylic acids is 1. The number of aryl methyl sites for hydroxylation is 1. The lowest BCUT2D eigenvalue weighted by Gasteiger charge is -2.05. The predicted molar refractivity (Wildman–Crippen MR) is 84.1 cm³/mol. The van der Waals surface area contributed by atoms with E-state index >= 15 is 0 Å². The molecule has 2 aromatic rings. The monoisotopic (exact) mass is 353 g/mol. The Morgan fingerprint density at radius 3 is 2.58 bits per heavy atom. The summed E-state index contributed by atoms with van der Waals surface area (Å²) in [6, 6.07) is 5.05. The highest BCUT2D eigenvalue weighted by Crippen LogP contribution is 2.24. The van der Waals surface area contributed by atoms with Gasteiger partial charge in [0, 0.05) is 18.2 Å². The van der Waals surface area contributed by atoms with E-state index in [2.05, 4.69) is 10.4 Å². The third-order valence-electron chi connectivity index (χ3n) is 3.17. The van der Waals surface area contributed by atoms with Gasteiger partial charge in [-0.2, -0.15) is 4.68 Å². The Morgan fingerprint density at radius 1 is 1.29 bits per heavy atom. The zero-order valence-corrected chi connectivity index (χ0v) is 13.2. The van der Waals surface area contributed by atoms with Crippen molar-refractivity contribution in [2.45, 2.75) is 13.5 Å². The molecule has 0 spiro atoms. The number of halogens is 1. The van der Waals surface area contributed by atoms with Crippen molar-refractivity contribution >= 4 is 29.0 Å². The number of hydrogen-bond donors (Lipinski definition) is 1. The van der Waals surface area contributed by atoms with Crippen LogP contribution in [0.5, 0.6) is 0 Å². The van der Waals surface area contributed by atoms with E-state index in [1.807, 2.05) is 0 Å². The second kappa shape index (κ2) is 7.04. The van der Waals surface area contributed by atoms with Crippen LogP contribution in [0.15, 0.2) is 24.3 Å². The van der Waals surface area contributed by atoms with Gasteiger partial charge in [0.15, 0.2) is 0 Å². The minimum atomic E-state index is -0.675. The van der Waals surface area contributed by atoms with Crippen molar-refractivity contribution in [1.29, 1.82) is 0 Å². The first-order valence-electron chi connectivity index (χ1n) is 6.70. The Kier molecular flexibility index (Phi) is 5.09. The maximum atomic E-state index is 12.0. The molecule has 0 atom stereocenters. The predicted octanol–water partition coefficient (Wildman–Crippen LogP) is 2.09. The molecule has 0 saturated heterocycles. The van der Waals surface area contributed by atoms with Gasteiger partial charge in [-0.3, -0.25) is 14.9 Å². The third-order valence-corrected chi connectivity index (χ3v) is 3.49. The van der Waals surface area contributed by atoms with Crippen molar-refractivity contribution in [3.05, 3.63) is 60.8 Å². The number of carbonyl (C=O) groups is 1. The second-order valence-corrected chi connectivity index (χ2v) is 5.21. The number of nitro groups is 2. The minimum absolute atomic E-state index is 0.0592. The fourth-order valence-electron chi connectivity index (χ4n) is 1.98. The van der Waals surface area contributed by atoms with Crippen molar-refractivity contribution in [2.24, 2.45) is 0 Å². The number of nitro benzene ring substituents is 1. The highest BCUT2D eigenvalue weighted by atomic mass is 35.5. The molecule has 11 heteroatoms. The first-order valence-corrected chi connectivity index (χ1v) is 7.08. The molecule has 1 aromatic heterocycles. The van der Waals surface area contributed by atoms with Crippen LogP contribution in [0.1, 0.15) is 16.1 Å². The van der Waals surface area contributed by atoms with Crippen molar-refractivity contribution in [3.63, 3.8) is 0 Å². The van der Waals surface area contributed by atoms with Crippen LogP contribution >= 0.6 is 11.6 Å². The van der Waals surface area contributed by atoms with Gasteiger partial charge >= 0.3 is 5.82 Å². The Morgan fingerprint density at radius 2 is 2.00 bits per heavy atom. The molecule has 2 rings (SSSR count). The van der Waals surface area contributed by atoms with Gasteiger partial charge in [-0.1, -0.05) is 11.6 Å². The molecule has 0 radical (unpaired) electrons. The van der Waals surface area contributed by atoms with E-state index in [4.69, 9.17) is 11.6 Å². The average molecular weight is 354 g/mol. The van der Waals surface area contributed by atoms with Gasteiger partial charge in [0.25, 0.3) is 11.6 Å². The van der Waals surface area contributed by atoms with Crippen LogP contribution in [0.2, 0.25) is 5.02 Å². The third kappa shape index (κ3) is 3.84. The fourth-order valence-corrected chi connectivity index (χ4v) is 2.17. The molecule has 1 amide bonds. The lowest BCUT2D eigenvalue weighted by Crippen LogP contribution is -2.27. The standard InChI is InChI=1S/C13H12ClN5O5/c1-8-6-12(19(23)24)16-17(8)5-4-15-13(20)9-2-3-10(14)11(7-9)18(21)22/h2-3,6-7H,4-5H2,1H3,(H,15,20). The summed E-state index contributed by atoms with van der Waals surface area (Å²) in [6.07, 6.45) is 0. The van der Waals surface area contributed by atoms with E-state index < -0.39 is 15.8 Å². The van der Waals surface area contributed by atoms with Crippen LogP contribution in [-0.4, -0.2) is 32.1 Å². The van der Waals surface area contributed by atoms with Crippen LogP contribution in [0, 0.1) is 27.2 Å². The SMILES string of the molecule is Cc1cc([N+](=O)[O-])nn1CCNC(=O)c1ccc(Cl)c([N+](=O)[O-])c1. The van der Waals surface area contributed by atoms with Gasteiger partial charge in [0.05, 0.1) is 28.3 Å². The fraction of sp³-hybridized carbons (Fsp3) is 0.231. The average Bonchev–Trinajstić information content (AvgIpc) is 2.89. The maximum absolute atomic E-state index is 12.0. The molecule has 1 heterocycles. The number of rotatable bonds is 6. The van der Waals surface area contributed by atoms with E-state index in [-0.39, 0.29) is 35.2 Å². The quantitative estimate of drug-likeness (QED) is 0.624. The lowest BCUT2D eigenvalue weighted by atomic mass is 10.2. The van der Waals surface area contributed by atoms with E-state index in [0.29, 0.717) is 5.69 Å². The molecule has 0 aliphatic carbocycles. The van der Waals surface area contributed by atoms with Crippen LogP contribution in [0.25, 0.3) is 0 Å². The maximum Gasteiger partial charge on any atom is 0.390 e. The highest BCUT2D eigenvalue weighted by Gasteiger charge is 2.17. The van der Waals surface area contributed by atoms with Crippen LogP contribution < -0.4 is 5.32 Å². The molecule has 0 aliphatic heterocycles. The van der Waals surface area contributed by atoms with Gasteiger partial charge in [-0.25, -0.2) is 0 Å². The minimum Gasteiger partial charge on any atom is -0.358 e. The summed E-state index contributed by atoms with van der Waals surface area (Å²) in [7, 11) is 0. The normalized spacial score (nSPS) is 10.4. The summed E-state index contributed by atoms with van der Waals surface area (Å²) in [5.74, 6) is -0.791. The van der Waals surface area contributed by atoms with Gasteiger partial charge in [-0.05, 0) is 24.0 Å². The largest absolute Gasteiger partial charge is 0.390 e. The lowest BCUT2D eigenvalue weighted by molar-refractivity contribution is -0.389. The molecular weight excluding hydrogens is 342 g/mol. The Balaban J connectivity index is 2.00. The molecule has 0 bridgehead atoms. The summed E-state index contributed by atoms with van der Waals surface area (Å²) in [5.41, 5.74) is 0.315. The molecule has 24 heavy (non-hydrogen) atoms. The highest BCUT2D eigenvalue weighted by molar-refractivity contribution is 6.32. The summed E-state index contributed by atoms with van der Waals surface area (Å²) >= 11 is 5.69. The van der Waals surface area contributed by atoms with Gasteiger partial charge in [0.2, 0.25) is 0 Å². The van der Waals surface area contributed by atoms with Crippen molar-refractivity contribution in [2.75, 3.05) is 6.54 Å². The second-order valence-electron chi connectivity index (χ2n) is 4.80. The number of aromatic nitrogens is 2. The van der Waals surface area contributed by atoms with Crippen molar-refractivity contribution < 1.29 is 14.6 Å². The van der Waals surface area contributed by atoms with E-state index in [9.17, 15) is 25.0 Å². The molecular formula is C13H12ClN5O5. The Labute approximate surface area is 140 Å². The number of nitrogens with one attached hydrogen (secondary N) is 1. The molecule has 0 aliphatic rings. The van der Waals surface area contributed by atoms with E-state index in [1.165, 1.54) is 22.9 Å². The summed E-state index contributed by atoms with van der Waals surface area (Å²) in [6.45, 7) is 2.03. The molecule has 10 nitrogen and oxygen atoms in total. The van der Waals surface area contributed by atoms with Crippen LogP contribution in [-0.2, 0) is 6.54 Å². The number of benzene rings is 1. The summed E-state index contributed by atoms with van der Waals surface area (Å²) in [5, 5.41) is 27.7. The van der Waals surface area contributed by atoms with Gasteiger partial charge in [0.1, 0.15) is 5.02 Å². The molecule has 0 fully saturated rings. The topological polar surface area (TPSA) is 133 Å². The summed E-state index contributed by atoms with van der Waals surface area (Å²) in [4.78, 5) is 32.2. The Bertz CT molecular complexity index is 819. The van der Waals surface area contributed by atoms with Gasteiger partial charge in [-0.15, -0.1) is 0 Å². The molecule has 0 saturated carbocycles. The summed E-state index contributed by atoms with van der Waals surface area (Å²) < 4.78 is 1.39. The molecule has 126 valence electrons. The first kappa shape index (κ1) is 17.3. The zero-order valence-electron chi connectivity index (χ0n) is 12.4. The van der Waals surface area contributed by atoms with Crippen molar-refractivity contribution in [3.8, 4) is 0 Å². The van der Waals surface area contributed by atoms with E-state index in [1.54, 1.807) is 6.92 Å². The molecule has 1 N–H and O–H groups in total. The van der Waals surface area contributed by atoms with Crippen LogP contribution in [0.4, 0.5) is 11.5 Å². The van der Waals surface area contributed by atoms with Crippen LogP contribution in [0.3, 0.4) is 0 Å². The van der Waals surface area contributed by atoms with Gasteiger partial charge < -0.3 is 15.4 Å². The molecule has 1 aromatic carbocycles. The molecule has 0 unspecified atom stereocenters. The number of hydrogen-bond acceptors (Lipinski definition) is 6.